The first-order chi connectivity index (χ1) is 18.4. The van der Waals surface area contributed by atoms with E-state index in [1.165, 1.54) is 38.7 Å². The highest BCUT2D eigenvalue weighted by Gasteiger charge is 2.25. The Bertz CT molecular complexity index is 1380. The zero-order valence-corrected chi connectivity index (χ0v) is 22.6. The maximum atomic E-state index is 12.8. The standard InChI is InChI=1S/C34H36N2O2/c1-34(2,3)38-33(37)35-21-11-17-29(25-35)31-18-10-16-28-19-20-30(22-32(28)31)36(23-26-12-6-4-7-13-26)24-27-14-8-5-9-15-27/h4-10,12-20,22H,11,21,23-25H2,1-3H3. The molecule has 0 radical (unpaired) electrons. The molecule has 1 heterocycles. The quantitative estimate of drug-likeness (QED) is 0.266. The lowest BCUT2D eigenvalue weighted by Gasteiger charge is -2.31. The lowest BCUT2D eigenvalue weighted by atomic mass is 9.95. The van der Waals surface area contributed by atoms with Crippen LogP contribution in [0, 0.1) is 0 Å². The Labute approximate surface area is 226 Å². The Morgan fingerprint density at radius 2 is 1.50 bits per heavy atom. The van der Waals surface area contributed by atoms with E-state index in [-0.39, 0.29) is 6.09 Å². The zero-order chi connectivity index (χ0) is 26.5. The molecule has 38 heavy (non-hydrogen) atoms. The highest BCUT2D eigenvalue weighted by Crippen LogP contribution is 2.32. The molecule has 0 aliphatic carbocycles. The van der Waals surface area contributed by atoms with Gasteiger partial charge in [0.2, 0.25) is 0 Å². The summed E-state index contributed by atoms with van der Waals surface area (Å²) >= 11 is 0. The van der Waals surface area contributed by atoms with E-state index in [1.807, 2.05) is 25.7 Å². The molecular weight excluding hydrogens is 468 g/mol. The van der Waals surface area contributed by atoms with Crippen LogP contribution in [-0.4, -0.2) is 29.7 Å². The van der Waals surface area contributed by atoms with Gasteiger partial charge in [-0.05, 0) is 72.4 Å². The van der Waals surface area contributed by atoms with Crippen molar-refractivity contribution >= 4 is 28.1 Å². The molecule has 0 aromatic heterocycles. The highest BCUT2D eigenvalue weighted by molar-refractivity contribution is 5.96. The van der Waals surface area contributed by atoms with Crippen molar-refractivity contribution in [3.05, 3.63) is 120 Å². The first kappa shape index (κ1) is 25.6. The monoisotopic (exact) mass is 504 g/mol. The number of amides is 1. The van der Waals surface area contributed by atoms with E-state index in [0.29, 0.717) is 13.1 Å². The molecule has 1 amide bonds. The summed E-state index contributed by atoms with van der Waals surface area (Å²) in [6.07, 6.45) is 2.84. The van der Waals surface area contributed by atoms with Gasteiger partial charge in [0.25, 0.3) is 0 Å². The van der Waals surface area contributed by atoms with Crippen LogP contribution in [0.4, 0.5) is 10.5 Å². The molecule has 194 valence electrons. The maximum absolute atomic E-state index is 12.8. The van der Waals surface area contributed by atoms with Gasteiger partial charge in [0.05, 0.1) is 0 Å². The predicted molar refractivity (Wildman–Crippen MR) is 157 cm³/mol. The average molecular weight is 505 g/mol. The Hall–Kier alpha value is -4.05. The third-order valence-electron chi connectivity index (χ3n) is 6.81. The number of fused-ring (bicyclic) bond motifs is 1. The van der Waals surface area contributed by atoms with E-state index in [9.17, 15) is 4.79 Å². The third kappa shape index (κ3) is 6.25. The molecule has 0 saturated heterocycles. The van der Waals surface area contributed by atoms with Crippen LogP contribution < -0.4 is 4.90 Å². The van der Waals surface area contributed by atoms with Crippen LogP contribution in [0.25, 0.3) is 16.3 Å². The second-order valence-corrected chi connectivity index (χ2v) is 11.0. The number of anilines is 1. The van der Waals surface area contributed by atoms with Crippen LogP contribution in [-0.2, 0) is 17.8 Å². The summed E-state index contributed by atoms with van der Waals surface area (Å²) < 4.78 is 5.67. The molecular formula is C34H36N2O2. The van der Waals surface area contributed by atoms with Crippen LogP contribution in [0.2, 0.25) is 0 Å². The lowest BCUT2D eigenvalue weighted by Crippen LogP contribution is -2.39. The first-order valence-corrected chi connectivity index (χ1v) is 13.4. The number of nitrogens with zero attached hydrogens (tertiary/aromatic N) is 2. The minimum absolute atomic E-state index is 0.249. The molecule has 4 nitrogen and oxygen atoms in total. The molecule has 1 aliphatic heterocycles. The van der Waals surface area contributed by atoms with Crippen molar-refractivity contribution in [2.75, 3.05) is 18.0 Å². The second kappa shape index (κ2) is 11.1. The fourth-order valence-corrected chi connectivity index (χ4v) is 5.00. The van der Waals surface area contributed by atoms with Gasteiger partial charge >= 0.3 is 6.09 Å². The predicted octanol–water partition coefficient (Wildman–Crippen LogP) is 8.07. The summed E-state index contributed by atoms with van der Waals surface area (Å²) in [6.45, 7) is 8.60. The van der Waals surface area contributed by atoms with Gasteiger partial charge in [0.15, 0.2) is 0 Å². The summed E-state index contributed by atoms with van der Waals surface area (Å²) in [5.74, 6) is 0. The summed E-state index contributed by atoms with van der Waals surface area (Å²) in [5.41, 5.74) is 5.57. The van der Waals surface area contributed by atoms with Crippen LogP contribution in [0.1, 0.15) is 43.9 Å². The normalized spacial score (nSPS) is 13.8. The molecule has 4 heteroatoms. The van der Waals surface area contributed by atoms with Crippen molar-refractivity contribution in [1.82, 2.24) is 4.90 Å². The van der Waals surface area contributed by atoms with E-state index >= 15 is 0 Å². The molecule has 0 atom stereocenters. The Kier molecular flexibility index (Phi) is 7.50. The van der Waals surface area contributed by atoms with Crippen molar-refractivity contribution in [1.29, 1.82) is 0 Å². The summed E-state index contributed by atoms with van der Waals surface area (Å²) in [6, 6.07) is 34.4. The fourth-order valence-electron chi connectivity index (χ4n) is 5.00. The smallest absolute Gasteiger partial charge is 0.410 e. The number of carbonyl (C=O) groups is 1. The molecule has 0 bridgehead atoms. The van der Waals surface area contributed by atoms with Crippen molar-refractivity contribution in [2.45, 2.75) is 45.9 Å². The van der Waals surface area contributed by atoms with E-state index in [4.69, 9.17) is 4.74 Å². The Morgan fingerprint density at radius 3 is 2.13 bits per heavy atom. The molecule has 1 aliphatic rings. The molecule has 0 N–H and O–H groups in total. The Morgan fingerprint density at radius 1 is 0.842 bits per heavy atom. The van der Waals surface area contributed by atoms with Gasteiger partial charge in [0, 0.05) is 31.9 Å². The van der Waals surface area contributed by atoms with E-state index in [1.54, 1.807) is 0 Å². The largest absolute Gasteiger partial charge is 0.444 e. The molecule has 5 rings (SSSR count). The summed E-state index contributed by atoms with van der Waals surface area (Å²) in [4.78, 5) is 17.1. The van der Waals surface area contributed by atoms with Crippen molar-refractivity contribution in [3.8, 4) is 0 Å². The molecule has 0 fully saturated rings. The van der Waals surface area contributed by atoms with E-state index in [2.05, 4.69) is 108 Å². The minimum atomic E-state index is -0.506. The maximum Gasteiger partial charge on any atom is 0.410 e. The Balaban J connectivity index is 1.48. The molecule has 0 spiro atoms. The van der Waals surface area contributed by atoms with Gasteiger partial charge in [-0.15, -0.1) is 0 Å². The summed E-state index contributed by atoms with van der Waals surface area (Å²) in [5, 5.41) is 2.40. The zero-order valence-electron chi connectivity index (χ0n) is 22.6. The van der Waals surface area contributed by atoms with Crippen LogP contribution in [0.3, 0.4) is 0 Å². The fraction of sp³-hybridized carbons (Fsp3) is 0.265. The summed E-state index contributed by atoms with van der Waals surface area (Å²) in [7, 11) is 0. The average Bonchev–Trinajstić information content (AvgIpc) is 2.92. The topological polar surface area (TPSA) is 32.8 Å². The number of hydrogen-bond donors (Lipinski definition) is 0. The SMILES string of the molecule is CC(C)(C)OC(=O)N1CCC=C(c2cccc3ccc(N(Cc4ccccc4)Cc4ccccc4)cc23)C1. The number of hydrogen-bond acceptors (Lipinski definition) is 3. The van der Waals surface area contributed by atoms with Crippen LogP contribution in [0.5, 0.6) is 0 Å². The van der Waals surface area contributed by atoms with Gasteiger partial charge in [-0.25, -0.2) is 4.79 Å². The molecule has 4 aromatic carbocycles. The van der Waals surface area contributed by atoms with Crippen LogP contribution in [0.15, 0.2) is 103 Å². The van der Waals surface area contributed by atoms with Gasteiger partial charge in [0.1, 0.15) is 5.60 Å². The van der Waals surface area contributed by atoms with Crippen molar-refractivity contribution in [2.24, 2.45) is 0 Å². The van der Waals surface area contributed by atoms with Crippen molar-refractivity contribution < 1.29 is 9.53 Å². The van der Waals surface area contributed by atoms with E-state index in [0.717, 1.165) is 19.5 Å². The van der Waals surface area contributed by atoms with Crippen LogP contribution >= 0.6 is 0 Å². The minimum Gasteiger partial charge on any atom is -0.444 e. The highest BCUT2D eigenvalue weighted by atomic mass is 16.6. The molecule has 0 saturated carbocycles. The van der Waals surface area contributed by atoms with Gasteiger partial charge in [-0.3, -0.25) is 0 Å². The van der Waals surface area contributed by atoms with Gasteiger partial charge < -0.3 is 14.5 Å². The number of carbonyl (C=O) groups excluding carboxylic acids is 1. The number of ether oxygens (including phenoxy) is 1. The van der Waals surface area contributed by atoms with E-state index < -0.39 is 5.60 Å². The molecule has 0 unspecified atom stereocenters. The third-order valence-corrected chi connectivity index (χ3v) is 6.81. The number of benzene rings is 4. The molecule has 4 aromatic rings. The number of rotatable bonds is 6. The first-order valence-electron chi connectivity index (χ1n) is 13.4. The lowest BCUT2D eigenvalue weighted by molar-refractivity contribution is 0.0273. The van der Waals surface area contributed by atoms with Gasteiger partial charge in [-0.2, -0.15) is 0 Å². The van der Waals surface area contributed by atoms with Gasteiger partial charge in [-0.1, -0.05) is 91.0 Å². The second-order valence-electron chi connectivity index (χ2n) is 11.0. The van der Waals surface area contributed by atoms with Crippen molar-refractivity contribution in [3.63, 3.8) is 0 Å².